The SMILES string of the molecule is COc1ccccc1NC(=O)COC(=O)[C@@H]1CC(=O)N(NC(=O)c2ccccc2)C1. The van der Waals surface area contributed by atoms with Gasteiger partial charge in [-0.1, -0.05) is 30.3 Å². The molecule has 2 aromatic rings. The van der Waals surface area contributed by atoms with Crippen molar-refractivity contribution >= 4 is 29.4 Å². The summed E-state index contributed by atoms with van der Waals surface area (Å²) >= 11 is 0. The number of carbonyl (C=O) groups excluding carboxylic acids is 4. The van der Waals surface area contributed by atoms with Gasteiger partial charge in [-0.15, -0.1) is 0 Å². The molecule has 0 unspecified atom stereocenters. The summed E-state index contributed by atoms with van der Waals surface area (Å²) in [6.45, 7) is -0.525. The lowest BCUT2D eigenvalue weighted by Crippen LogP contribution is -2.43. The lowest BCUT2D eigenvalue weighted by atomic mass is 10.1. The molecule has 0 aliphatic carbocycles. The highest BCUT2D eigenvalue weighted by molar-refractivity contribution is 5.97. The molecule has 0 saturated carbocycles. The van der Waals surface area contributed by atoms with Crippen molar-refractivity contribution in [1.82, 2.24) is 10.4 Å². The number of benzene rings is 2. The summed E-state index contributed by atoms with van der Waals surface area (Å²) in [6, 6.07) is 15.2. The smallest absolute Gasteiger partial charge is 0.311 e. The van der Waals surface area contributed by atoms with Gasteiger partial charge in [-0.05, 0) is 24.3 Å². The van der Waals surface area contributed by atoms with E-state index >= 15 is 0 Å². The summed E-state index contributed by atoms with van der Waals surface area (Å²) in [6.07, 6.45) is -0.109. The first-order valence-corrected chi connectivity index (χ1v) is 9.24. The van der Waals surface area contributed by atoms with Gasteiger partial charge in [-0.2, -0.15) is 0 Å². The average molecular weight is 411 g/mol. The normalized spacial score (nSPS) is 15.4. The van der Waals surface area contributed by atoms with Crippen LogP contribution >= 0.6 is 0 Å². The molecule has 1 heterocycles. The number of rotatable bonds is 7. The second-order valence-electron chi connectivity index (χ2n) is 6.57. The van der Waals surface area contributed by atoms with E-state index in [1.807, 2.05) is 0 Å². The summed E-state index contributed by atoms with van der Waals surface area (Å²) in [5.74, 6) is -2.37. The lowest BCUT2D eigenvalue weighted by Gasteiger charge is -2.17. The van der Waals surface area contributed by atoms with Crippen molar-refractivity contribution in [2.45, 2.75) is 6.42 Å². The molecule has 0 spiro atoms. The van der Waals surface area contributed by atoms with Crippen LogP contribution in [0.3, 0.4) is 0 Å². The van der Waals surface area contributed by atoms with Crippen LogP contribution in [-0.2, 0) is 19.1 Å². The van der Waals surface area contributed by atoms with Crippen LogP contribution in [0, 0.1) is 5.92 Å². The molecule has 1 fully saturated rings. The van der Waals surface area contributed by atoms with Crippen molar-refractivity contribution in [2.75, 3.05) is 25.6 Å². The van der Waals surface area contributed by atoms with E-state index in [9.17, 15) is 19.2 Å². The van der Waals surface area contributed by atoms with Crippen LogP contribution < -0.4 is 15.5 Å². The molecule has 1 atom stereocenters. The highest BCUT2D eigenvalue weighted by Crippen LogP contribution is 2.23. The van der Waals surface area contributed by atoms with Gasteiger partial charge in [0.25, 0.3) is 11.8 Å². The third kappa shape index (κ3) is 5.13. The molecule has 1 aliphatic heterocycles. The minimum atomic E-state index is -0.771. The van der Waals surface area contributed by atoms with Crippen LogP contribution in [0.5, 0.6) is 5.75 Å². The van der Waals surface area contributed by atoms with Crippen LogP contribution in [0.25, 0.3) is 0 Å². The lowest BCUT2D eigenvalue weighted by molar-refractivity contribution is -0.151. The predicted octanol–water partition coefficient (Wildman–Crippen LogP) is 1.37. The Kier molecular flexibility index (Phi) is 6.63. The van der Waals surface area contributed by atoms with Crippen molar-refractivity contribution in [3.63, 3.8) is 0 Å². The zero-order valence-electron chi connectivity index (χ0n) is 16.3. The Morgan fingerprint density at radius 3 is 2.50 bits per heavy atom. The molecule has 1 saturated heterocycles. The number of methoxy groups -OCH3 is 1. The van der Waals surface area contributed by atoms with E-state index in [4.69, 9.17) is 9.47 Å². The van der Waals surface area contributed by atoms with E-state index in [0.717, 1.165) is 5.01 Å². The summed E-state index contributed by atoms with van der Waals surface area (Å²) in [7, 11) is 1.48. The number of nitrogens with one attached hydrogen (secondary N) is 2. The van der Waals surface area contributed by atoms with Crippen molar-refractivity contribution in [1.29, 1.82) is 0 Å². The van der Waals surface area contributed by atoms with Gasteiger partial charge in [-0.3, -0.25) is 29.6 Å². The Labute approximate surface area is 172 Å². The van der Waals surface area contributed by atoms with Crippen molar-refractivity contribution < 1.29 is 28.7 Å². The molecule has 0 bridgehead atoms. The van der Waals surface area contributed by atoms with Gasteiger partial charge in [-0.25, -0.2) is 0 Å². The second-order valence-corrected chi connectivity index (χ2v) is 6.57. The standard InChI is InChI=1S/C21H21N3O6/c1-29-17-10-6-5-9-16(17)22-18(25)13-30-21(28)15-11-19(26)24(12-15)23-20(27)14-7-3-2-4-8-14/h2-10,15H,11-13H2,1H3,(H,22,25)(H,23,27)/t15-/m1/s1. The Hall–Kier alpha value is -3.88. The Morgan fingerprint density at radius 1 is 1.07 bits per heavy atom. The molecule has 3 rings (SSSR count). The van der Waals surface area contributed by atoms with Crippen LogP contribution in [-0.4, -0.2) is 49.0 Å². The van der Waals surface area contributed by atoms with Crippen molar-refractivity contribution in [3.8, 4) is 5.75 Å². The maximum Gasteiger partial charge on any atom is 0.311 e. The van der Waals surface area contributed by atoms with Crippen LogP contribution in [0.2, 0.25) is 0 Å². The van der Waals surface area contributed by atoms with E-state index in [-0.39, 0.29) is 13.0 Å². The zero-order valence-corrected chi connectivity index (χ0v) is 16.3. The summed E-state index contributed by atoms with van der Waals surface area (Å²) < 4.78 is 10.2. The van der Waals surface area contributed by atoms with Crippen LogP contribution in [0.4, 0.5) is 5.69 Å². The quantitative estimate of drug-likeness (QED) is 0.665. The van der Waals surface area contributed by atoms with E-state index < -0.39 is 36.2 Å². The molecule has 156 valence electrons. The molecular weight excluding hydrogens is 390 g/mol. The minimum absolute atomic E-state index is 0.0234. The van der Waals surface area contributed by atoms with Crippen LogP contribution in [0.1, 0.15) is 16.8 Å². The number of nitrogens with zero attached hydrogens (tertiary/aromatic N) is 1. The number of carbonyl (C=O) groups is 4. The summed E-state index contributed by atoms with van der Waals surface area (Å²) in [5.41, 5.74) is 3.33. The maximum absolute atomic E-state index is 12.3. The van der Waals surface area contributed by atoms with E-state index in [1.54, 1.807) is 54.6 Å². The van der Waals surface area contributed by atoms with Gasteiger partial charge in [0.05, 0.1) is 25.3 Å². The monoisotopic (exact) mass is 411 g/mol. The predicted molar refractivity (Wildman–Crippen MR) is 106 cm³/mol. The fraction of sp³-hybridized carbons (Fsp3) is 0.238. The molecule has 30 heavy (non-hydrogen) atoms. The summed E-state index contributed by atoms with van der Waals surface area (Å²) in [5, 5.41) is 3.69. The van der Waals surface area contributed by atoms with Crippen molar-refractivity contribution in [2.24, 2.45) is 5.92 Å². The topological polar surface area (TPSA) is 114 Å². The van der Waals surface area contributed by atoms with Gasteiger partial charge >= 0.3 is 5.97 Å². The number of anilines is 1. The fourth-order valence-electron chi connectivity index (χ4n) is 2.94. The fourth-order valence-corrected chi connectivity index (χ4v) is 2.94. The third-order valence-corrected chi connectivity index (χ3v) is 4.46. The number of hydrazine groups is 1. The Balaban J connectivity index is 1.48. The van der Waals surface area contributed by atoms with Gasteiger partial charge in [0.15, 0.2) is 6.61 Å². The van der Waals surface area contributed by atoms with Crippen LogP contribution in [0.15, 0.2) is 54.6 Å². The first kappa shape index (κ1) is 20.8. The van der Waals surface area contributed by atoms with Gasteiger partial charge in [0.1, 0.15) is 5.75 Å². The average Bonchev–Trinajstić information content (AvgIpc) is 3.13. The molecule has 3 amide bonds. The Morgan fingerprint density at radius 2 is 1.77 bits per heavy atom. The molecule has 2 N–H and O–H groups in total. The van der Waals surface area contributed by atoms with Crippen molar-refractivity contribution in [3.05, 3.63) is 60.2 Å². The number of para-hydroxylation sites is 2. The number of amides is 3. The van der Waals surface area contributed by atoms with Gasteiger partial charge < -0.3 is 14.8 Å². The zero-order chi connectivity index (χ0) is 21.5. The molecule has 9 heteroatoms. The number of hydrogen-bond acceptors (Lipinski definition) is 6. The Bertz CT molecular complexity index is 947. The molecular formula is C21H21N3O6. The minimum Gasteiger partial charge on any atom is -0.495 e. The van der Waals surface area contributed by atoms with Gasteiger partial charge in [0, 0.05) is 12.0 Å². The summed E-state index contributed by atoms with van der Waals surface area (Å²) in [4.78, 5) is 48.6. The molecule has 9 nitrogen and oxygen atoms in total. The largest absolute Gasteiger partial charge is 0.495 e. The third-order valence-electron chi connectivity index (χ3n) is 4.46. The highest BCUT2D eigenvalue weighted by Gasteiger charge is 2.36. The molecule has 0 radical (unpaired) electrons. The first-order valence-electron chi connectivity index (χ1n) is 9.24. The van der Waals surface area contributed by atoms with Gasteiger partial charge in [0.2, 0.25) is 5.91 Å². The number of esters is 1. The number of hydrogen-bond donors (Lipinski definition) is 2. The number of ether oxygens (including phenoxy) is 2. The van der Waals surface area contributed by atoms with E-state index in [2.05, 4.69) is 10.7 Å². The second kappa shape index (κ2) is 9.55. The maximum atomic E-state index is 12.3. The molecule has 1 aliphatic rings. The van der Waals surface area contributed by atoms with E-state index in [1.165, 1.54) is 7.11 Å². The molecule has 0 aromatic heterocycles. The highest BCUT2D eigenvalue weighted by atomic mass is 16.5. The first-order chi connectivity index (χ1) is 14.5. The molecule has 2 aromatic carbocycles. The van der Waals surface area contributed by atoms with E-state index in [0.29, 0.717) is 17.0 Å².